The number of carbonyl (C=O) groups excluding carboxylic acids is 4. The lowest BCUT2D eigenvalue weighted by Gasteiger charge is -2.06. The maximum Gasteiger partial charge on any atom is 0.343 e. The first kappa shape index (κ1) is 24.8. The number of hydrogen-bond donors (Lipinski definition) is 0. The molecule has 7 heteroatoms. The number of carbonyl (C=O) groups is 4. The molecule has 2 rings (SSSR count). The molecule has 2 aromatic carbocycles. The van der Waals surface area contributed by atoms with Crippen LogP contribution >= 0.6 is 0 Å². The molecule has 0 N–H and O–H groups in total. The molecular weight excluding hydrogens is 424 g/mol. The van der Waals surface area contributed by atoms with Gasteiger partial charge in [-0.2, -0.15) is 0 Å². The lowest BCUT2D eigenvalue weighted by atomic mass is 10.1. The maximum absolute atomic E-state index is 12.3. The van der Waals surface area contributed by atoms with Gasteiger partial charge in [-0.15, -0.1) is 0 Å². The zero-order chi connectivity index (χ0) is 24.1. The second kappa shape index (κ2) is 13.1. The van der Waals surface area contributed by atoms with Crippen LogP contribution in [0.2, 0.25) is 0 Å². The zero-order valence-corrected chi connectivity index (χ0v) is 17.9. The minimum Gasteiger partial charge on any atom is -0.428 e. The number of hydrogen-bond acceptors (Lipinski definition) is 7. The molecule has 0 saturated heterocycles. The van der Waals surface area contributed by atoms with Crippen LogP contribution < -0.4 is 4.74 Å². The second-order valence-corrected chi connectivity index (χ2v) is 6.56. The van der Waals surface area contributed by atoms with Crippen LogP contribution in [0.25, 0.3) is 0 Å². The topological polar surface area (TPSA) is 96.0 Å². The van der Waals surface area contributed by atoms with Crippen molar-refractivity contribution in [3.63, 3.8) is 0 Å². The molecule has 0 aliphatic rings. The van der Waals surface area contributed by atoms with Gasteiger partial charge in [0, 0.05) is 18.1 Å². The van der Waals surface area contributed by atoms with Crippen LogP contribution in [-0.4, -0.2) is 30.5 Å². The normalized spacial score (nSPS) is 9.58. The van der Waals surface area contributed by atoms with Crippen molar-refractivity contribution in [3.05, 3.63) is 90.5 Å². The van der Waals surface area contributed by atoms with Gasteiger partial charge in [0.05, 0.1) is 12.0 Å². The van der Waals surface area contributed by atoms with E-state index in [0.29, 0.717) is 23.3 Å². The Morgan fingerprint density at radius 2 is 1.58 bits per heavy atom. The molecule has 0 aromatic heterocycles. The number of rotatable bonds is 10. The number of allylic oxidation sites excluding steroid dienone is 1. The zero-order valence-electron chi connectivity index (χ0n) is 17.9. The summed E-state index contributed by atoms with van der Waals surface area (Å²) in [5.41, 5.74) is 1.86. The molecular formula is C26H22O7. The molecule has 168 valence electrons. The van der Waals surface area contributed by atoms with Gasteiger partial charge in [-0.25, -0.2) is 9.59 Å². The fraction of sp³-hybridized carbons (Fsp3) is 0.154. The van der Waals surface area contributed by atoms with Crippen LogP contribution in [0.4, 0.5) is 0 Å². The Hall–Kier alpha value is -4.44. The van der Waals surface area contributed by atoms with Gasteiger partial charge >= 0.3 is 17.9 Å². The van der Waals surface area contributed by atoms with Crippen molar-refractivity contribution in [1.29, 1.82) is 0 Å². The Bertz CT molecular complexity index is 1080. The van der Waals surface area contributed by atoms with E-state index < -0.39 is 24.7 Å². The third-order valence-electron chi connectivity index (χ3n) is 4.18. The first-order valence-electron chi connectivity index (χ1n) is 9.91. The summed E-state index contributed by atoms with van der Waals surface area (Å²) in [6.07, 6.45) is 2.78. The molecule has 0 radical (unpaired) electrons. The van der Waals surface area contributed by atoms with E-state index >= 15 is 0 Å². The van der Waals surface area contributed by atoms with Crippen LogP contribution in [0.1, 0.15) is 34.3 Å². The molecule has 0 aliphatic carbocycles. The summed E-state index contributed by atoms with van der Waals surface area (Å²) in [5.74, 6) is 4.09. The summed E-state index contributed by atoms with van der Waals surface area (Å²) in [4.78, 5) is 46.0. The van der Waals surface area contributed by atoms with E-state index in [0.717, 1.165) is 11.6 Å². The van der Waals surface area contributed by atoms with Crippen molar-refractivity contribution >= 4 is 23.7 Å². The summed E-state index contributed by atoms with van der Waals surface area (Å²) in [7, 11) is 0. The van der Waals surface area contributed by atoms with Crippen molar-refractivity contribution in [1.82, 2.24) is 0 Å². The lowest BCUT2D eigenvalue weighted by Crippen LogP contribution is -2.12. The Balaban J connectivity index is 1.82. The smallest absolute Gasteiger partial charge is 0.343 e. The van der Waals surface area contributed by atoms with Gasteiger partial charge in [-0.05, 0) is 54.5 Å². The Labute approximate surface area is 191 Å². The summed E-state index contributed by atoms with van der Waals surface area (Å²) in [6.45, 7) is 6.16. The van der Waals surface area contributed by atoms with E-state index in [1.54, 1.807) is 48.5 Å². The highest BCUT2D eigenvalue weighted by Crippen LogP contribution is 2.15. The average molecular weight is 446 g/mol. The predicted octanol–water partition coefficient (Wildman–Crippen LogP) is 3.57. The van der Waals surface area contributed by atoms with E-state index in [2.05, 4.69) is 29.7 Å². The number of ketones is 1. The van der Waals surface area contributed by atoms with E-state index in [-0.39, 0.29) is 18.6 Å². The number of aryl methyl sites for hydroxylation is 1. The summed E-state index contributed by atoms with van der Waals surface area (Å²) < 4.78 is 14.7. The Morgan fingerprint density at radius 1 is 0.879 bits per heavy atom. The van der Waals surface area contributed by atoms with Crippen molar-refractivity contribution in [2.75, 3.05) is 6.79 Å². The molecule has 0 saturated carbocycles. The van der Waals surface area contributed by atoms with Crippen LogP contribution in [0, 0.1) is 11.8 Å². The quantitative estimate of drug-likeness (QED) is 0.181. The van der Waals surface area contributed by atoms with Crippen molar-refractivity contribution in [2.24, 2.45) is 0 Å². The Morgan fingerprint density at radius 3 is 2.21 bits per heavy atom. The van der Waals surface area contributed by atoms with E-state index in [1.807, 2.05) is 0 Å². The van der Waals surface area contributed by atoms with Gasteiger partial charge in [0.25, 0.3) is 0 Å². The second-order valence-electron chi connectivity index (χ2n) is 6.56. The highest BCUT2D eigenvalue weighted by Gasteiger charge is 2.10. The molecule has 0 fully saturated rings. The van der Waals surface area contributed by atoms with Gasteiger partial charge in [-0.3, -0.25) is 9.59 Å². The van der Waals surface area contributed by atoms with Crippen LogP contribution in [0.15, 0.2) is 73.8 Å². The molecule has 0 heterocycles. The lowest BCUT2D eigenvalue weighted by molar-refractivity contribution is -0.163. The Kier molecular flexibility index (Phi) is 9.84. The fourth-order valence-electron chi connectivity index (χ4n) is 2.42. The molecule has 0 bridgehead atoms. The maximum atomic E-state index is 12.3. The van der Waals surface area contributed by atoms with E-state index in [9.17, 15) is 19.2 Å². The van der Waals surface area contributed by atoms with Crippen LogP contribution in [-0.2, 0) is 30.3 Å². The minimum absolute atomic E-state index is 0.0897. The van der Waals surface area contributed by atoms with Crippen LogP contribution in [0.3, 0.4) is 0 Å². The SMILES string of the molecule is C=CC(=O)CC#Cc1ccc(OC(=O)c2ccc(CCC(=O)OCOC(=O)C=C)cc2)cc1. The molecule has 0 unspecified atom stereocenters. The van der Waals surface area contributed by atoms with Gasteiger partial charge in [0.15, 0.2) is 5.78 Å². The summed E-state index contributed by atoms with van der Waals surface area (Å²) >= 11 is 0. The first-order chi connectivity index (χ1) is 15.9. The molecule has 33 heavy (non-hydrogen) atoms. The largest absolute Gasteiger partial charge is 0.428 e. The molecule has 7 nitrogen and oxygen atoms in total. The highest BCUT2D eigenvalue weighted by atomic mass is 16.7. The minimum atomic E-state index is -0.674. The van der Waals surface area contributed by atoms with Gasteiger partial charge < -0.3 is 14.2 Å². The molecule has 0 spiro atoms. The van der Waals surface area contributed by atoms with Gasteiger partial charge in [0.2, 0.25) is 6.79 Å². The van der Waals surface area contributed by atoms with Crippen LogP contribution in [0.5, 0.6) is 5.75 Å². The molecule has 2 aromatic rings. The molecule has 0 aliphatic heterocycles. The van der Waals surface area contributed by atoms with Gasteiger partial charge in [0.1, 0.15) is 5.75 Å². The van der Waals surface area contributed by atoms with Gasteiger partial charge in [-0.1, -0.05) is 37.1 Å². The summed E-state index contributed by atoms with van der Waals surface area (Å²) in [6, 6.07) is 13.2. The number of benzene rings is 2. The standard InChI is InChI=1S/C26H22O7/c1-3-22(27)7-5-6-19-10-15-23(16-11-19)33-26(30)21-13-8-20(9-14-21)12-17-25(29)32-18-31-24(28)4-2/h3-4,8-11,13-16H,1-2,7,12,17-18H2. The number of esters is 3. The van der Waals surface area contributed by atoms with E-state index in [1.165, 1.54) is 6.08 Å². The fourth-order valence-corrected chi connectivity index (χ4v) is 2.42. The molecule has 0 amide bonds. The molecule has 0 atom stereocenters. The predicted molar refractivity (Wildman–Crippen MR) is 120 cm³/mol. The number of ether oxygens (including phenoxy) is 3. The average Bonchev–Trinajstić information content (AvgIpc) is 2.83. The van der Waals surface area contributed by atoms with Crippen molar-refractivity contribution < 1.29 is 33.4 Å². The van der Waals surface area contributed by atoms with Crippen molar-refractivity contribution in [3.8, 4) is 17.6 Å². The third kappa shape index (κ3) is 9.07. The monoisotopic (exact) mass is 446 g/mol. The highest BCUT2D eigenvalue weighted by molar-refractivity contribution is 5.91. The third-order valence-corrected chi connectivity index (χ3v) is 4.18. The summed E-state index contributed by atoms with van der Waals surface area (Å²) in [5, 5.41) is 0. The first-order valence-corrected chi connectivity index (χ1v) is 9.91. The van der Waals surface area contributed by atoms with Crippen molar-refractivity contribution in [2.45, 2.75) is 19.3 Å². The van der Waals surface area contributed by atoms with E-state index in [4.69, 9.17) is 9.47 Å².